The zero-order valence-electron chi connectivity index (χ0n) is 20.7. The predicted molar refractivity (Wildman–Crippen MR) is 157 cm³/mol. The fourth-order valence-corrected chi connectivity index (χ4v) is 5.88. The van der Waals surface area contributed by atoms with Gasteiger partial charge < -0.3 is 11.1 Å². The average Bonchev–Trinajstić information content (AvgIpc) is 2.92. The number of halogens is 2. The van der Waals surface area contributed by atoms with Gasteiger partial charge >= 0.3 is 6.03 Å². The van der Waals surface area contributed by atoms with Crippen molar-refractivity contribution in [3.63, 3.8) is 0 Å². The summed E-state index contributed by atoms with van der Waals surface area (Å²) in [6.07, 6.45) is 6.24. The quantitative estimate of drug-likeness (QED) is 0.144. The van der Waals surface area contributed by atoms with E-state index in [2.05, 4.69) is 59.4 Å². The molecule has 0 aliphatic heterocycles. The number of carbonyl (C=O) groups excluding carboxylic acids is 2. The van der Waals surface area contributed by atoms with Gasteiger partial charge in [0, 0.05) is 25.9 Å². The molecule has 8 nitrogen and oxygen atoms in total. The molecule has 0 aromatic heterocycles. The van der Waals surface area contributed by atoms with Crippen LogP contribution in [0.2, 0.25) is 0 Å². The highest BCUT2D eigenvalue weighted by Gasteiger charge is 2.20. The predicted octanol–water partition coefficient (Wildman–Crippen LogP) is 7.98. The van der Waals surface area contributed by atoms with E-state index in [1.807, 2.05) is 30.3 Å². The summed E-state index contributed by atoms with van der Waals surface area (Å²) in [5, 5.41) is 5.94. The smallest absolute Gasteiger partial charge is 0.326 e. The normalized spacial score (nSPS) is 14.1. The number of benzene rings is 3. The molecule has 0 unspecified atom stereocenters. The third kappa shape index (κ3) is 7.35. The molecule has 0 heterocycles. The minimum Gasteiger partial charge on any atom is -0.366 e. The maximum absolute atomic E-state index is 13.5. The Hall–Kier alpha value is -3.37. The monoisotopic (exact) mass is 638 g/mol. The van der Waals surface area contributed by atoms with Crippen LogP contribution in [0.4, 0.5) is 16.2 Å². The van der Waals surface area contributed by atoms with Gasteiger partial charge in [0.1, 0.15) is 0 Å². The Morgan fingerprint density at radius 1 is 0.947 bits per heavy atom. The number of hydrogen-bond donors (Lipinski definition) is 3. The number of hydrogen-bond acceptors (Lipinski definition) is 3. The first-order chi connectivity index (χ1) is 18.3. The van der Waals surface area contributed by atoms with Crippen molar-refractivity contribution in [2.24, 2.45) is 15.8 Å². The van der Waals surface area contributed by atoms with Crippen LogP contribution in [-0.2, 0) is 6.54 Å². The lowest BCUT2D eigenvalue weighted by molar-refractivity contribution is 0.100. The summed E-state index contributed by atoms with van der Waals surface area (Å²) in [6.45, 7) is 0.283. The van der Waals surface area contributed by atoms with Crippen LogP contribution in [0, 0.1) is 5.53 Å². The lowest BCUT2D eigenvalue weighted by Crippen LogP contribution is -2.34. The Labute approximate surface area is 238 Å². The van der Waals surface area contributed by atoms with Crippen molar-refractivity contribution in [3.05, 3.63) is 92.4 Å². The van der Waals surface area contributed by atoms with E-state index in [4.69, 9.17) is 11.3 Å². The van der Waals surface area contributed by atoms with Crippen LogP contribution in [0.15, 0.2) is 85.8 Å². The highest BCUT2D eigenvalue weighted by molar-refractivity contribution is 9.11. The summed E-state index contributed by atoms with van der Waals surface area (Å²) in [5.74, 6) is -0.417. The Morgan fingerprint density at radius 2 is 1.58 bits per heavy atom. The second kappa shape index (κ2) is 12.9. The van der Waals surface area contributed by atoms with Gasteiger partial charge in [0.05, 0.1) is 6.54 Å². The van der Waals surface area contributed by atoms with Crippen LogP contribution >= 0.6 is 31.9 Å². The van der Waals surface area contributed by atoms with Crippen molar-refractivity contribution in [2.45, 2.75) is 44.6 Å². The fraction of sp³-hybridized carbons (Fsp3) is 0.250. The molecule has 3 amide bonds. The summed E-state index contributed by atoms with van der Waals surface area (Å²) >= 11 is 6.93. The zero-order chi connectivity index (χ0) is 27.1. The van der Waals surface area contributed by atoms with E-state index in [1.165, 1.54) is 37.7 Å². The fourth-order valence-electron chi connectivity index (χ4n) is 4.59. The van der Waals surface area contributed by atoms with Crippen molar-refractivity contribution in [1.82, 2.24) is 0 Å². The van der Waals surface area contributed by atoms with Crippen molar-refractivity contribution >= 4 is 61.1 Å². The molecule has 1 aliphatic carbocycles. The Kier molecular flexibility index (Phi) is 9.41. The van der Waals surface area contributed by atoms with Crippen LogP contribution in [0.1, 0.15) is 59.5 Å². The Balaban J connectivity index is 1.58. The van der Waals surface area contributed by atoms with Crippen LogP contribution in [0.3, 0.4) is 0 Å². The number of guanidine groups is 1. The molecule has 1 saturated carbocycles. The third-order valence-corrected chi connectivity index (χ3v) is 7.43. The maximum atomic E-state index is 13.5. The van der Waals surface area contributed by atoms with Crippen LogP contribution in [0.25, 0.3) is 0 Å². The molecule has 3 aromatic rings. The first-order valence-electron chi connectivity index (χ1n) is 12.3. The van der Waals surface area contributed by atoms with Crippen LogP contribution in [0.5, 0.6) is 0 Å². The van der Waals surface area contributed by atoms with E-state index >= 15 is 0 Å². The van der Waals surface area contributed by atoms with Gasteiger partial charge in [0.2, 0.25) is 5.96 Å². The molecule has 3 aromatic carbocycles. The molecule has 0 saturated heterocycles. The van der Waals surface area contributed by atoms with E-state index in [0.29, 0.717) is 17.2 Å². The molecule has 4 rings (SSSR count). The summed E-state index contributed by atoms with van der Waals surface area (Å²) in [6, 6.07) is 20.3. The molecule has 38 heavy (non-hydrogen) atoms. The molecule has 0 spiro atoms. The van der Waals surface area contributed by atoms with E-state index in [9.17, 15) is 9.59 Å². The van der Waals surface area contributed by atoms with Crippen LogP contribution in [-0.4, -0.2) is 17.9 Å². The number of nitrogens with two attached hydrogens (primary N) is 1. The number of urea groups is 1. The second-order valence-corrected chi connectivity index (χ2v) is 11.0. The lowest BCUT2D eigenvalue weighted by Gasteiger charge is -2.26. The summed E-state index contributed by atoms with van der Waals surface area (Å²) in [7, 11) is 0. The van der Waals surface area contributed by atoms with Gasteiger partial charge in [-0.2, -0.15) is 4.99 Å². The SMILES string of the molecule is N=NC(N)=NC(=O)c1ccc(CN(C(=O)Nc2cc(Br)cc(Br)c2)c2ccc(C3CCCCC3)cc2)cc1. The van der Waals surface area contributed by atoms with Gasteiger partial charge in [0.15, 0.2) is 0 Å². The largest absolute Gasteiger partial charge is 0.366 e. The summed E-state index contributed by atoms with van der Waals surface area (Å²) in [4.78, 5) is 31.0. The van der Waals surface area contributed by atoms with Gasteiger partial charge in [-0.1, -0.05) is 75.4 Å². The zero-order valence-corrected chi connectivity index (χ0v) is 23.8. The number of nitrogens with one attached hydrogen (secondary N) is 2. The molecule has 1 aliphatic rings. The topological polar surface area (TPSA) is 124 Å². The lowest BCUT2D eigenvalue weighted by atomic mass is 9.84. The van der Waals surface area contributed by atoms with E-state index in [0.717, 1.165) is 20.2 Å². The Morgan fingerprint density at radius 3 is 2.18 bits per heavy atom. The van der Waals surface area contributed by atoms with E-state index in [-0.39, 0.29) is 12.6 Å². The van der Waals surface area contributed by atoms with Crippen molar-refractivity contribution in [2.75, 3.05) is 10.2 Å². The molecule has 0 radical (unpaired) electrons. The van der Waals surface area contributed by atoms with Gasteiger partial charge in [-0.15, -0.1) is 5.11 Å². The van der Waals surface area contributed by atoms with Crippen molar-refractivity contribution in [1.29, 1.82) is 5.53 Å². The first-order valence-corrected chi connectivity index (χ1v) is 13.9. The highest BCUT2D eigenvalue weighted by Crippen LogP contribution is 2.34. The number of amides is 3. The molecule has 1 fully saturated rings. The van der Waals surface area contributed by atoms with Crippen molar-refractivity contribution in [3.8, 4) is 0 Å². The number of carbonyl (C=O) groups is 2. The maximum Gasteiger partial charge on any atom is 0.326 e. The van der Waals surface area contributed by atoms with Crippen LogP contribution < -0.4 is 16.0 Å². The average molecular weight is 640 g/mol. The third-order valence-electron chi connectivity index (χ3n) is 6.51. The van der Waals surface area contributed by atoms with Gasteiger partial charge in [0.25, 0.3) is 5.91 Å². The minimum atomic E-state index is -0.585. The number of aliphatic imine (C=N–C) groups is 1. The molecular formula is C28H28Br2N6O2. The second-order valence-electron chi connectivity index (χ2n) is 9.18. The van der Waals surface area contributed by atoms with E-state index < -0.39 is 11.9 Å². The number of nitrogens with zero attached hydrogens (tertiary/aromatic N) is 3. The number of anilines is 2. The molecule has 196 valence electrons. The summed E-state index contributed by atoms with van der Waals surface area (Å²) < 4.78 is 1.68. The molecule has 10 heteroatoms. The van der Waals surface area contributed by atoms with Gasteiger partial charge in [-0.05, 0) is 72.4 Å². The van der Waals surface area contributed by atoms with E-state index in [1.54, 1.807) is 29.2 Å². The molecule has 0 atom stereocenters. The molecular weight excluding hydrogens is 612 g/mol. The minimum absolute atomic E-state index is 0.282. The highest BCUT2D eigenvalue weighted by atomic mass is 79.9. The standard InChI is InChI=1S/C28H28Br2N6O2/c29-22-14-23(30)16-24(15-22)33-28(38)36(25-12-10-20(11-13-25)19-4-2-1-3-5-19)17-18-6-8-21(9-7-18)26(37)34-27(31)35-32/h6-16,19,32H,1-5,17H2,(H,33,38)(H2,31,34,37). The van der Waals surface area contributed by atoms with Gasteiger partial charge in [-0.25, -0.2) is 10.3 Å². The molecule has 4 N–H and O–H groups in total. The first kappa shape index (κ1) is 27.7. The van der Waals surface area contributed by atoms with Gasteiger partial charge in [-0.3, -0.25) is 9.69 Å². The molecule has 0 bridgehead atoms. The summed E-state index contributed by atoms with van der Waals surface area (Å²) in [5.41, 5.74) is 16.1. The van der Waals surface area contributed by atoms with Crippen molar-refractivity contribution < 1.29 is 9.59 Å². The Bertz CT molecular complexity index is 1320. The number of rotatable bonds is 6.